The number of hydrogen-bond donors (Lipinski definition) is 0. The smallest absolute Gasteiger partial charge is 0.0346 e. The summed E-state index contributed by atoms with van der Waals surface area (Å²) in [5.41, 5.74) is 3.50. The Kier molecular flexibility index (Phi) is 2.09. The van der Waals surface area contributed by atoms with Crippen LogP contribution < -0.4 is 0 Å². The fourth-order valence-electron chi connectivity index (χ4n) is 1.30. The average molecular weight is 168 g/mol. The number of aryl methyl sites for hydroxylation is 1. The number of benzene rings is 1. The van der Waals surface area contributed by atoms with E-state index in [0.29, 0.717) is 0 Å². The number of nitrogens with zero attached hydrogens (tertiary/aromatic N) is 1. The van der Waals surface area contributed by atoms with Gasteiger partial charge >= 0.3 is 0 Å². The summed E-state index contributed by atoms with van der Waals surface area (Å²) >= 11 is 0. The molecule has 2 aromatic rings. The van der Waals surface area contributed by atoms with Gasteiger partial charge in [-0.1, -0.05) is 24.3 Å². The molecule has 1 aromatic heterocycles. The number of aromatic nitrogens is 1. The molecule has 1 aromatic carbocycles. The quantitative estimate of drug-likeness (QED) is 0.638. The van der Waals surface area contributed by atoms with Crippen LogP contribution in [-0.4, -0.2) is 4.98 Å². The summed E-state index contributed by atoms with van der Waals surface area (Å²) in [4.78, 5) is 4.08. The molecule has 0 fully saturated rings. The van der Waals surface area contributed by atoms with Gasteiger partial charge in [-0.2, -0.15) is 0 Å². The minimum Gasteiger partial charge on any atom is -0.264 e. The second kappa shape index (κ2) is 3.40. The topological polar surface area (TPSA) is 12.9 Å². The Bertz CT molecular complexity index is 393. The first-order valence-electron chi connectivity index (χ1n) is 4.25. The minimum absolute atomic E-state index is 1.15. The highest BCUT2D eigenvalue weighted by Gasteiger charge is 1.95. The summed E-state index contributed by atoms with van der Waals surface area (Å²) in [6.45, 7) is 2.04. The molecule has 1 heterocycles. The summed E-state index contributed by atoms with van der Waals surface area (Å²) in [7, 11) is 0. The van der Waals surface area contributed by atoms with E-state index >= 15 is 0 Å². The molecular weight excluding hydrogens is 158 g/mol. The molecule has 1 heteroatoms. The van der Waals surface area contributed by atoms with Crippen LogP contribution in [0.15, 0.2) is 42.7 Å². The molecule has 0 aliphatic heterocycles. The van der Waals surface area contributed by atoms with Crippen LogP contribution in [0.4, 0.5) is 0 Å². The van der Waals surface area contributed by atoms with Crippen LogP contribution in [0.2, 0.25) is 0 Å². The van der Waals surface area contributed by atoms with Crippen molar-refractivity contribution >= 4 is 0 Å². The van der Waals surface area contributed by atoms with E-state index in [1.807, 2.05) is 31.3 Å². The maximum absolute atomic E-state index is 4.08. The second-order valence-electron chi connectivity index (χ2n) is 3.00. The van der Waals surface area contributed by atoms with Crippen molar-refractivity contribution in [1.29, 1.82) is 0 Å². The summed E-state index contributed by atoms with van der Waals surface area (Å²) < 4.78 is 0. The van der Waals surface area contributed by atoms with Crippen molar-refractivity contribution in [2.75, 3.05) is 0 Å². The lowest BCUT2D eigenvalue weighted by Gasteiger charge is -2.00. The Balaban J connectivity index is 2.48. The zero-order valence-corrected chi connectivity index (χ0v) is 7.49. The molecule has 0 aliphatic carbocycles. The van der Waals surface area contributed by atoms with Crippen LogP contribution in [-0.2, 0) is 0 Å². The molecule has 63 valence electrons. The molecule has 1 nitrogen and oxygen atoms in total. The highest BCUT2D eigenvalue weighted by molar-refractivity contribution is 5.62. The van der Waals surface area contributed by atoms with Crippen LogP contribution in [0.25, 0.3) is 11.1 Å². The molecule has 0 saturated heterocycles. The normalized spacial score (nSPS) is 9.92. The summed E-state index contributed by atoms with van der Waals surface area (Å²) in [6.07, 6.45) is 3.65. The summed E-state index contributed by atoms with van der Waals surface area (Å²) in [5.74, 6) is 0. The molecule has 0 N–H and O–H groups in total. The van der Waals surface area contributed by atoms with Gasteiger partial charge in [-0.05, 0) is 35.7 Å². The molecule has 0 saturated carbocycles. The van der Waals surface area contributed by atoms with Gasteiger partial charge < -0.3 is 0 Å². The zero-order chi connectivity index (χ0) is 9.10. The van der Waals surface area contributed by atoms with Crippen LogP contribution in [0.1, 0.15) is 5.56 Å². The van der Waals surface area contributed by atoms with Gasteiger partial charge in [0.15, 0.2) is 0 Å². The Morgan fingerprint density at radius 1 is 1.23 bits per heavy atom. The summed E-state index contributed by atoms with van der Waals surface area (Å²) in [5, 5.41) is 0. The molecule has 0 unspecified atom stereocenters. The number of pyridine rings is 1. The SMILES string of the molecule is Cc1[c]ccc(-c2cccnc2)c1. The van der Waals surface area contributed by atoms with Gasteiger partial charge in [0.2, 0.25) is 0 Å². The Morgan fingerprint density at radius 3 is 2.85 bits per heavy atom. The van der Waals surface area contributed by atoms with Crippen molar-refractivity contribution in [2.45, 2.75) is 6.92 Å². The standard InChI is InChI=1S/C12H10N/c1-10-4-2-5-11(8-10)12-6-3-7-13-9-12/h2-3,5-9H,1H3. The predicted molar refractivity (Wildman–Crippen MR) is 53.2 cm³/mol. The first-order valence-corrected chi connectivity index (χ1v) is 4.25. The van der Waals surface area contributed by atoms with Crippen LogP contribution >= 0.6 is 0 Å². The third kappa shape index (κ3) is 1.75. The van der Waals surface area contributed by atoms with E-state index in [1.165, 1.54) is 5.56 Å². The van der Waals surface area contributed by atoms with Crippen molar-refractivity contribution in [2.24, 2.45) is 0 Å². The number of rotatable bonds is 1. The van der Waals surface area contributed by atoms with E-state index in [9.17, 15) is 0 Å². The first-order chi connectivity index (χ1) is 6.36. The zero-order valence-electron chi connectivity index (χ0n) is 7.49. The summed E-state index contributed by atoms with van der Waals surface area (Å²) in [6, 6.07) is 13.2. The van der Waals surface area contributed by atoms with Gasteiger partial charge in [-0.15, -0.1) is 0 Å². The molecule has 0 atom stereocenters. The molecule has 1 radical (unpaired) electrons. The van der Waals surface area contributed by atoms with Crippen LogP contribution in [0.3, 0.4) is 0 Å². The fraction of sp³-hybridized carbons (Fsp3) is 0.0833. The van der Waals surface area contributed by atoms with Gasteiger partial charge in [-0.3, -0.25) is 4.98 Å². The minimum atomic E-state index is 1.15. The van der Waals surface area contributed by atoms with E-state index in [-0.39, 0.29) is 0 Å². The molecule has 0 bridgehead atoms. The van der Waals surface area contributed by atoms with E-state index < -0.39 is 0 Å². The third-order valence-corrected chi connectivity index (χ3v) is 1.94. The van der Waals surface area contributed by atoms with E-state index in [1.54, 1.807) is 6.20 Å². The van der Waals surface area contributed by atoms with Gasteiger partial charge in [0.25, 0.3) is 0 Å². The molecule has 2 rings (SSSR count). The molecule has 0 aliphatic rings. The maximum Gasteiger partial charge on any atom is 0.0346 e. The Morgan fingerprint density at radius 2 is 2.15 bits per heavy atom. The lowest BCUT2D eigenvalue weighted by Crippen LogP contribution is -1.79. The largest absolute Gasteiger partial charge is 0.264 e. The predicted octanol–water partition coefficient (Wildman–Crippen LogP) is 2.86. The van der Waals surface area contributed by atoms with Crippen LogP contribution in [0.5, 0.6) is 0 Å². The molecular formula is C12H10N. The van der Waals surface area contributed by atoms with Gasteiger partial charge in [0, 0.05) is 12.4 Å². The maximum atomic E-state index is 4.08. The average Bonchev–Trinajstić information content (AvgIpc) is 2.19. The van der Waals surface area contributed by atoms with E-state index in [2.05, 4.69) is 23.2 Å². The molecule has 0 amide bonds. The van der Waals surface area contributed by atoms with E-state index in [0.717, 1.165) is 11.1 Å². The highest BCUT2D eigenvalue weighted by Crippen LogP contribution is 2.18. The highest BCUT2D eigenvalue weighted by atomic mass is 14.6. The lowest BCUT2D eigenvalue weighted by molar-refractivity contribution is 1.33. The van der Waals surface area contributed by atoms with Crippen molar-refractivity contribution in [1.82, 2.24) is 4.98 Å². The Hall–Kier alpha value is -1.63. The van der Waals surface area contributed by atoms with Gasteiger partial charge in [-0.25, -0.2) is 0 Å². The third-order valence-electron chi connectivity index (χ3n) is 1.94. The van der Waals surface area contributed by atoms with E-state index in [4.69, 9.17) is 0 Å². The van der Waals surface area contributed by atoms with Crippen LogP contribution in [0, 0.1) is 13.0 Å². The van der Waals surface area contributed by atoms with Crippen molar-refractivity contribution < 1.29 is 0 Å². The molecule has 0 spiro atoms. The first kappa shape index (κ1) is 7.99. The Labute approximate surface area is 78.1 Å². The van der Waals surface area contributed by atoms with Crippen molar-refractivity contribution in [3.8, 4) is 11.1 Å². The van der Waals surface area contributed by atoms with Crippen molar-refractivity contribution in [3.05, 3.63) is 54.4 Å². The van der Waals surface area contributed by atoms with Gasteiger partial charge in [0.1, 0.15) is 0 Å². The van der Waals surface area contributed by atoms with Crippen molar-refractivity contribution in [3.63, 3.8) is 0 Å². The molecule has 13 heavy (non-hydrogen) atoms. The monoisotopic (exact) mass is 168 g/mol. The van der Waals surface area contributed by atoms with Gasteiger partial charge in [0.05, 0.1) is 0 Å². The fourth-order valence-corrected chi connectivity index (χ4v) is 1.30. The lowest BCUT2D eigenvalue weighted by atomic mass is 10.1. The number of hydrogen-bond acceptors (Lipinski definition) is 1. The second-order valence-corrected chi connectivity index (χ2v) is 3.00.